The van der Waals surface area contributed by atoms with Gasteiger partial charge in [0.2, 0.25) is 0 Å². The number of nitrogens with one attached hydrogen (secondary N) is 2. The van der Waals surface area contributed by atoms with Gasteiger partial charge in [0.05, 0.1) is 5.69 Å². The highest BCUT2D eigenvalue weighted by Crippen LogP contribution is 2.21. The molecule has 21 heavy (non-hydrogen) atoms. The summed E-state index contributed by atoms with van der Waals surface area (Å²) in [7, 11) is -3.79. The maximum atomic E-state index is 12.5. The Morgan fingerprint density at radius 2 is 2.00 bits per heavy atom. The van der Waals surface area contributed by atoms with Crippen LogP contribution in [0.1, 0.15) is 18.2 Å². The SMILES string of the molecule is CCNc1cccnc1S(=O)(=O)Nc1cc(C)cc(C)n1. The smallest absolute Gasteiger partial charge is 0.282 e. The van der Waals surface area contributed by atoms with Gasteiger partial charge in [-0.15, -0.1) is 0 Å². The third-order valence-electron chi connectivity index (χ3n) is 2.73. The first kappa shape index (κ1) is 15.2. The van der Waals surface area contributed by atoms with E-state index in [0.29, 0.717) is 18.1 Å². The van der Waals surface area contributed by atoms with Crippen molar-refractivity contribution in [2.75, 3.05) is 16.6 Å². The Labute approximate surface area is 124 Å². The van der Waals surface area contributed by atoms with E-state index in [1.807, 2.05) is 26.8 Å². The number of anilines is 2. The van der Waals surface area contributed by atoms with Crippen LogP contribution in [0.2, 0.25) is 0 Å². The molecule has 0 unspecified atom stereocenters. The van der Waals surface area contributed by atoms with Gasteiger partial charge in [-0.3, -0.25) is 4.72 Å². The van der Waals surface area contributed by atoms with Crippen LogP contribution in [0.15, 0.2) is 35.5 Å². The Kier molecular flexibility index (Phi) is 4.42. The zero-order chi connectivity index (χ0) is 15.5. The summed E-state index contributed by atoms with van der Waals surface area (Å²) < 4.78 is 27.4. The quantitative estimate of drug-likeness (QED) is 0.885. The van der Waals surface area contributed by atoms with E-state index in [9.17, 15) is 8.42 Å². The predicted octanol–water partition coefficient (Wildman–Crippen LogP) is 2.33. The van der Waals surface area contributed by atoms with E-state index in [1.54, 1.807) is 18.2 Å². The Bertz CT molecular complexity index is 724. The average Bonchev–Trinajstić information content (AvgIpc) is 2.37. The summed E-state index contributed by atoms with van der Waals surface area (Å²) in [5.74, 6) is 0.292. The second kappa shape index (κ2) is 6.09. The summed E-state index contributed by atoms with van der Waals surface area (Å²) in [4.78, 5) is 8.15. The maximum Gasteiger partial charge on any atom is 0.282 e. The van der Waals surface area contributed by atoms with Crippen LogP contribution >= 0.6 is 0 Å². The van der Waals surface area contributed by atoms with Gasteiger partial charge < -0.3 is 5.32 Å². The lowest BCUT2D eigenvalue weighted by atomic mass is 10.2. The Balaban J connectivity index is 2.38. The summed E-state index contributed by atoms with van der Waals surface area (Å²) >= 11 is 0. The number of hydrogen-bond acceptors (Lipinski definition) is 5. The van der Waals surface area contributed by atoms with Crippen LogP contribution in [0, 0.1) is 13.8 Å². The number of aryl methyl sites for hydroxylation is 2. The highest BCUT2D eigenvalue weighted by molar-refractivity contribution is 7.92. The molecule has 0 saturated heterocycles. The molecule has 0 bridgehead atoms. The molecule has 0 aliphatic rings. The number of aromatic nitrogens is 2. The second-order valence-corrected chi connectivity index (χ2v) is 6.26. The molecule has 0 atom stereocenters. The van der Waals surface area contributed by atoms with Crippen LogP contribution < -0.4 is 10.0 Å². The minimum Gasteiger partial charge on any atom is -0.383 e. The maximum absolute atomic E-state index is 12.5. The van der Waals surface area contributed by atoms with Crippen LogP contribution in [0.4, 0.5) is 11.5 Å². The van der Waals surface area contributed by atoms with Crippen LogP contribution in [0.3, 0.4) is 0 Å². The molecule has 6 nitrogen and oxygen atoms in total. The van der Waals surface area contributed by atoms with Gasteiger partial charge in [0.1, 0.15) is 5.82 Å². The van der Waals surface area contributed by atoms with Crippen LogP contribution in [-0.4, -0.2) is 24.9 Å². The molecule has 2 aromatic heterocycles. The molecule has 0 aliphatic heterocycles. The minimum absolute atomic E-state index is 0.0344. The minimum atomic E-state index is -3.79. The lowest BCUT2D eigenvalue weighted by molar-refractivity contribution is 0.597. The first-order chi connectivity index (χ1) is 9.92. The van der Waals surface area contributed by atoms with E-state index in [2.05, 4.69) is 20.0 Å². The van der Waals surface area contributed by atoms with Crippen molar-refractivity contribution in [2.24, 2.45) is 0 Å². The van der Waals surface area contributed by atoms with E-state index in [4.69, 9.17) is 0 Å². The molecule has 0 amide bonds. The molecule has 112 valence electrons. The highest BCUT2D eigenvalue weighted by atomic mass is 32.2. The van der Waals surface area contributed by atoms with E-state index in [-0.39, 0.29) is 5.03 Å². The molecule has 0 spiro atoms. The lowest BCUT2D eigenvalue weighted by Gasteiger charge is -2.12. The molecule has 0 aliphatic carbocycles. The van der Waals surface area contributed by atoms with Gasteiger partial charge in [-0.05, 0) is 50.6 Å². The molecule has 0 saturated carbocycles. The number of pyridine rings is 2. The first-order valence-corrected chi connectivity index (χ1v) is 8.07. The van der Waals surface area contributed by atoms with E-state index >= 15 is 0 Å². The van der Waals surface area contributed by atoms with Crippen molar-refractivity contribution < 1.29 is 8.42 Å². The summed E-state index contributed by atoms with van der Waals surface area (Å²) in [6.45, 7) is 6.20. The van der Waals surface area contributed by atoms with Gasteiger partial charge in [0.25, 0.3) is 10.0 Å². The fraction of sp³-hybridized carbons (Fsp3) is 0.286. The van der Waals surface area contributed by atoms with Crippen molar-refractivity contribution in [1.29, 1.82) is 0 Å². The summed E-state index contributed by atoms with van der Waals surface area (Å²) in [5, 5.41) is 2.95. The van der Waals surface area contributed by atoms with Crippen molar-refractivity contribution in [3.05, 3.63) is 41.7 Å². The van der Waals surface area contributed by atoms with Crippen molar-refractivity contribution in [1.82, 2.24) is 9.97 Å². The molecule has 7 heteroatoms. The average molecular weight is 306 g/mol. The number of hydrogen-bond donors (Lipinski definition) is 2. The second-order valence-electron chi connectivity index (χ2n) is 4.66. The molecule has 2 rings (SSSR count). The Morgan fingerprint density at radius 1 is 1.24 bits per heavy atom. The van der Waals surface area contributed by atoms with E-state index in [1.165, 1.54) is 6.20 Å². The van der Waals surface area contributed by atoms with Crippen molar-refractivity contribution in [3.8, 4) is 0 Å². The standard InChI is InChI=1S/C14H18N4O2S/c1-4-15-12-6-5-7-16-14(12)21(19,20)18-13-9-10(2)8-11(3)17-13/h5-9,15H,4H2,1-3H3,(H,17,18). The van der Waals surface area contributed by atoms with Crippen molar-refractivity contribution in [2.45, 2.75) is 25.8 Å². The first-order valence-electron chi connectivity index (χ1n) is 6.59. The number of rotatable bonds is 5. The van der Waals surface area contributed by atoms with Gasteiger partial charge >= 0.3 is 0 Å². The van der Waals surface area contributed by atoms with E-state index in [0.717, 1.165) is 11.3 Å². The zero-order valence-corrected chi connectivity index (χ0v) is 13.0. The van der Waals surface area contributed by atoms with Crippen molar-refractivity contribution in [3.63, 3.8) is 0 Å². The molecule has 2 heterocycles. The Hall–Kier alpha value is -2.15. The molecule has 2 N–H and O–H groups in total. The molecule has 0 radical (unpaired) electrons. The highest BCUT2D eigenvalue weighted by Gasteiger charge is 2.20. The third kappa shape index (κ3) is 3.69. The monoisotopic (exact) mass is 306 g/mol. The fourth-order valence-electron chi connectivity index (χ4n) is 2.01. The zero-order valence-electron chi connectivity index (χ0n) is 12.2. The van der Waals surface area contributed by atoms with Gasteiger partial charge in [-0.2, -0.15) is 8.42 Å². The molecular formula is C14H18N4O2S. The van der Waals surface area contributed by atoms with Crippen molar-refractivity contribution >= 4 is 21.5 Å². The normalized spacial score (nSPS) is 11.2. The number of nitrogens with zero attached hydrogens (tertiary/aromatic N) is 2. The van der Waals surface area contributed by atoms with Crippen LogP contribution in [0.25, 0.3) is 0 Å². The predicted molar refractivity (Wildman–Crippen MR) is 82.9 cm³/mol. The molecular weight excluding hydrogens is 288 g/mol. The molecule has 0 aromatic carbocycles. The third-order valence-corrected chi connectivity index (χ3v) is 4.04. The van der Waals surface area contributed by atoms with E-state index < -0.39 is 10.0 Å². The molecule has 0 fully saturated rings. The largest absolute Gasteiger partial charge is 0.383 e. The fourth-order valence-corrected chi connectivity index (χ4v) is 3.12. The molecule has 2 aromatic rings. The summed E-state index contributed by atoms with van der Waals surface area (Å²) in [5.41, 5.74) is 2.16. The topological polar surface area (TPSA) is 84.0 Å². The van der Waals surface area contributed by atoms with Gasteiger partial charge in [-0.1, -0.05) is 0 Å². The van der Waals surface area contributed by atoms with Gasteiger partial charge in [0, 0.05) is 18.4 Å². The van der Waals surface area contributed by atoms with Gasteiger partial charge in [0.15, 0.2) is 5.03 Å². The van der Waals surface area contributed by atoms with Gasteiger partial charge in [-0.25, -0.2) is 9.97 Å². The lowest BCUT2D eigenvalue weighted by Crippen LogP contribution is -2.18. The summed E-state index contributed by atoms with van der Waals surface area (Å²) in [6.07, 6.45) is 1.45. The van der Waals surface area contributed by atoms with Crippen LogP contribution in [-0.2, 0) is 10.0 Å². The number of sulfonamides is 1. The Morgan fingerprint density at radius 3 is 2.67 bits per heavy atom. The van der Waals surface area contributed by atoms with Crippen LogP contribution in [0.5, 0.6) is 0 Å². The summed E-state index contributed by atoms with van der Waals surface area (Å²) in [6, 6.07) is 6.93.